The van der Waals surface area contributed by atoms with Gasteiger partial charge in [0.25, 0.3) is 5.91 Å². The van der Waals surface area contributed by atoms with Gasteiger partial charge in [-0.1, -0.05) is 6.07 Å². The summed E-state index contributed by atoms with van der Waals surface area (Å²) in [4.78, 5) is 16.9. The Morgan fingerprint density at radius 3 is 2.56 bits per heavy atom. The third-order valence-electron chi connectivity index (χ3n) is 5.71. The van der Waals surface area contributed by atoms with Crippen molar-refractivity contribution in [3.63, 3.8) is 0 Å². The Bertz CT molecular complexity index is 1060. The van der Waals surface area contributed by atoms with E-state index in [-0.39, 0.29) is 16.9 Å². The molecule has 1 aliphatic rings. The van der Waals surface area contributed by atoms with Crippen LogP contribution in [0.1, 0.15) is 43.5 Å². The number of carbonyl (C=O) groups is 1. The molecule has 1 aromatic heterocycles. The van der Waals surface area contributed by atoms with Crippen LogP contribution in [0.25, 0.3) is 0 Å². The molecule has 7 nitrogen and oxygen atoms in total. The molecule has 0 bridgehead atoms. The van der Waals surface area contributed by atoms with Crippen molar-refractivity contribution < 1.29 is 46.4 Å². The van der Waals surface area contributed by atoms with Crippen LogP contribution in [-0.2, 0) is 9.53 Å². The minimum Gasteiger partial charge on any atom is -0.493 e. The molecule has 2 heterocycles. The van der Waals surface area contributed by atoms with Crippen LogP contribution in [-0.4, -0.2) is 52.2 Å². The number of anilines is 1. The molecule has 0 aliphatic carbocycles. The molecule has 186 valence electrons. The lowest BCUT2D eigenvalue weighted by molar-refractivity contribution is -0.261. The number of benzene rings is 1. The Labute approximate surface area is 191 Å². The van der Waals surface area contributed by atoms with Gasteiger partial charge in [-0.15, -0.1) is 0 Å². The molecule has 0 saturated carbocycles. The zero-order valence-electron chi connectivity index (χ0n) is 18.4. The van der Waals surface area contributed by atoms with Gasteiger partial charge < -0.3 is 25.0 Å². The summed E-state index contributed by atoms with van der Waals surface area (Å²) in [6.07, 6.45) is -8.68. The zero-order chi connectivity index (χ0) is 25.4. The number of ether oxygens (including phenoxy) is 2. The molecular formula is C22H23F5N2O5. The summed E-state index contributed by atoms with van der Waals surface area (Å²) >= 11 is 0. The Morgan fingerprint density at radius 1 is 1.29 bits per heavy atom. The van der Waals surface area contributed by atoms with Gasteiger partial charge in [-0.25, -0.2) is 4.39 Å². The first kappa shape index (κ1) is 25.8. The van der Waals surface area contributed by atoms with Gasteiger partial charge in [0, 0.05) is 23.4 Å². The maximum atomic E-state index is 14.3. The average molecular weight is 490 g/mol. The number of methoxy groups -OCH3 is 1. The van der Waals surface area contributed by atoms with E-state index in [1.54, 1.807) is 0 Å². The van der Waals surface area contributed by atoms with Gasteiger partial charge in [-0.3, -0.25) is 9.78 Å². The second-order valence-corrected chi connectivity index (χ2v) is 8.21. The van der Waals surface area contributed by atoms with Gasteiger partial charge in [-0.05, 0) is 38.5 Å². The van der Waals surface area contributed by atoms with Gasteiger partial charge in [-0.2, -0.15) is 17.6 Å². The normalized spacial score (nSPS) is 24.5. The Balaban J connectivity index is 1.98. The third-order valence-corrected chi connectivity index (χ3v) is 5.71. The number of aliphatic hydroxyl groups is 2. The molecule has 5 atom stereocenters. The molecule has 1 fully saturated rings. The predicted molar refractivity (Wildman–Crippen MR) is 109 cm³/mol. The Kier molecular flexibility index (Phi) is 7.15. The summed E-state index contributed by atoms with van der Waals surface area (Å²) in [6.45, 7) is 2.09. The smallest absolute Gasteiger partial charge is 0.417 e. The van der Waals surface area contributed by atoms with E-state index in [1.165, 1.54) is 25.3 Å². The number of aliphatic hydroxyl groups excluding tert-OH is 2. The maximum absolute atomic E-state index is 14.3. The molecule has 1 amide bonds. The number of halogens is 5. The van der Waals surface area contributed by atoms with Crippen molar-refractivity contribution >= 4 is 11.6 Å². The molecular weight excluding hydrogens is 467 g/mol. The van der Waals surface area contributed by atoms with Crippen LogP contribution in [0, 0.1) is 11.6 Å². The number of carbonyl (C=O) groups excluding carboxylic acids is 1. The van der Waals surface area contributed by atoms with Crippen LogP contribution in [0.4, 0.5) is 27.6 Å². The molecule has 0 unspecified atom stereocenters. The summed E-state index contributed by atoms with van der Waals surface area (Å²) in [5, 5.41) is 21.9. The Morgan fingerprint density at radius 2 is 1.97 bits per heavy atom. The topological polar surface area (TPSA) is 101 Å². The SMILES string of the molecule is COc1c([C@H]2C[C@@](C)(C(F)(F)F)O[C@@H]2C(=O)Nc2ccnc([C@@H](O)[C@@H](C)O)c2)ccc(F)c1F. The lowest BCUT2D eigenvalue weighted by atomic mass is 9.85. The first-order valence-electron chi connectivity index (χ1n) is 10.2. The van der Waals surface area contributed by atoms with E-state index < -0.39 is 65.7 Å². The molecule has 12 heteroatoms. The summed E-state index contributed by atoms with van der Waals surface area (Å²) in [5.74, 6) is -5.61. The van der Waals surface area contributed by atoms with Gasteiger partial charge in [0.05, 0.1) is 18.9 Å². The minimum absolute atomic E-state index is 0.0131. The fourth-order valence-electron chi connectivity index (χ4n) is 3.82. The molecule has 0 radical (unpaired) electrons. The number of rotatable bonds is 6. The lowest BCUT2D eigenvalue weighted by Crippen LogP contribution is -2.43. The minimum atomic E-state index is -4.86. The van der Waals surface area contributed by atoms with Crippen molar-refractivity contribution in [2.45, 2.75) is 56.3 Å². The fraction of sp³-hybridized carbons (Fsp3) is 0.455. The highest BCUT2D eigenvalue weighted by molar-refractivity contribution is 5.95. The average Bonchev–Trinajstić information content (AvgIpc) is 3.14. The van der Waals surface area contributed by atoms with Crippen LogP contribution in [0.3, 0.4) is 0 Å². The van der Waals surface area contributed by atoms with E-state index >= 15 is 0 Å². The van der Waals surface area contributed by atoms with Gasteiger partial charge in [0.15, 0.2) is 17.2 Å². The monoisotopic (exact) mass is 490 g/mol. The number of nitrogens with zero attached hydrogens (tertiary/aromatic N) is 1. The van der Waals surface area contributed by atoms with Crippen molar-refractivity contribution in [3.8, 4) is 5.75 Å². The van der Waals surface area contributed by atoms with Crippen molar-refractivity contribution in [3.05, 3.63) is 53.4 Å². The number of hydrogen-bond acceptors (Lipinski definition) is 6. The molecule has 3 rings (SSSR count). The van der Waals surface area contributed by atoms with Gasteiger partial charge >= 0.3 is 6.18 Å². The van der Waals surface area contributed by atoms with E-state index in [2.05, 4.69) is 10.3 Å². The number of nitrogens with one attached hydrogen (secondary N) is 1. The van der Waals surface area contributed by atoms with Crippen molar-refractivity contribution in [2.75, 3.05) is 12.4 Å². The summed E-state index contributed by atoms with van der Waals surface area (Å²) < 4.78 is 79.3. The summed E-state index contributed by atoms with van der Waals surface area (Å²) in [7, 11) is 1.03. The van der Waals surface area contributed by atoms with Crippen LogP contribution in [0.15, 0.2) is 30.5 Å². The van der Waals surface area contributed by atoms with Gasteiger partial charge in [0.2, 0.25) is 5.82 Å². The number of hydrogen-bond donors (Lipinski definition) is 3. The summed E-state index contributed by atoms with van der Waals surface area (Å²) in [6, 6.07) is 4.34. The number of pyridine rings is 1. The largest absolute Gasteiger partial charge is 0.493 e. The van der Waals surface area contributed by atoms with Gasteiger partial charge in [0.1, 0.15) is 12.2 Å². The third kappa shape index (κ3) is 4.84. The highest BCUT2D eigenvalue weighted by Gasteiger charge is 2.61. The highest BCUT2D eigenvalue weighted by Crippen LogP contribution is 2.51. The maximum Gasteiger partial charge on any atom is 0.417 e. The number of alkyl halides is 3. The zero-order valence-corrected chi connectivity index (χ0v) is 18.4. The summed E-state index contributed by atoms with van der Waals surface area (Å²) in [5.41, 5.74) is -2.83. The van der Waals surface area contributed by atoms with Crippen molar-refractivity contribution in [1.82, 2.24) is 4.98 Å². The van der Waals surface area contributed by atoms with E-state index in [0.717, 1.165) is 26.2 Å². The molecule has 1 aliphatic heterocycles. The molecule has 1 aromatic carbocycles. The Hall–Kier alpha value is -2.83. The highest BCUT2D eigenvalue weighted by atomic mass is 19.4. The lowest BCUT2D eigenvalue weighted by Gasteiger charge is -2.27. The number of amides is 1. The van der Waals surface area contributed by atoms with Crippen molar-refractivity contribution in [1.29, 1.82) is 0 Å². The van der Waals surface area contributed by atoms with E-state index in [1.807, 2.05) is 0 Å². The second-order valence-electron chi connectivity index (χ2n) is 8.21. The van der Waals surface area contributed by atoms with E-state index in [0.29, 0.717) is 0 Å². The first-order valence-corrected chi connectivity index (χ1v) is 10.2. The molecule has 3 N–H and O–H groups in total. The van der Waals surface area contributed by atoms with Crippen LogP contribution in [0.5, 0.6) is 5.75 Å². The number of aromatic nitrogens is 1. The molecule has 2 aromatic rings. The first-order chi connectivity index (χ1) is 15.8. The van der Waals surface area contributed by atoms with E-state index in [9.17, 15) is 37.0 Å². The quantitative estimate of drug-likeness (QED) is 0.535. The van der Waals surface area contributed by atoms with Crippen molar-refractivity contribution in [2.24, 2.45) is 0 Å². The van der Waals surface area contributed by atoms with Crippen LogP contribution < -0.4 is 10.1 Å². The molecule has 0 spiro atoms. The van der Waals surface area contributed by atoms with E-state index in [4.69, 9.17) is 9.47 Å². The fourth-order valence-corrected chi connectivity index (χ4v) is 3.82. The van der Waals surface area contributed by atoms with Crippen LogP contribution in [0.2, 0.25) is 0 Å². The molecule has 1 saturated heterocycles. The van der Waals surface area contributed by atoms with Crippen LogP contribution >= 0.6 is 0 Å². The predicted octanol–water partition coefficient (Wildman–Crippen LogP) is 3.61. The second kappa shape index (κ2) is 9.43. The standard InChI is InChI=1S/C22H23F5N2O5/c1-10(30)17(31)15-8-11(6-7-28-15)29-20(32)19-13(9-21(2,34-19)22(25,26)27)12-4-5-14(23)16(24)18(12)33-3/h4-8,10,13,17,19,30-31H,9H2,1-3H3,(H,28,29,32)/t10-,13-,17+,19+,21+/m1/s1. The molecule has 34 heavy (non-hydrogen) atoms.